The number of nitrogens with zero attached hydrogens (tertiary/aromatic N) is 1. The largest absolute Gasteiger partial charge is 0.448 e. The summed E-state index contributed by atoms with van der Waals surface area (Å²) in [4.78, 5) is 16.5. The molecule has 20 heavy (non-hydrogen) atoms. The Morgan fingerprint density at radius 3 is 2.80 bits per heavy atom. The first kappa shape index (κ1) is 13.6. The molecule has 2 saturated carbocycles. The molecule has 0 aromatic carbocycles. The van der Waals surface area contributed by atoms with E-state index in [-0.39, 0.29) is 11.9 Å². The maximum atomic E-state index is 12.4. The second-order valence-electron chi connectivity index (χ2n) is 6.16. The molecule has 2 fully saturated rings. The van der Waals surface area contributed by atoms with Crippen LogP contribution in [0.4, 0.5) is 0 Å². The predicted octanol–water partition coefficient (Wildman–Crippen LogP) is 1.87. The number of hydrogen-bond acceptors (Lipinski definition) is 4. The second kappa shape index (κ2) is 5.56. The van der Waals surface area contributed by atoms with Crippen LogP contribution in [0.15, 0.2) is 10.8 Å². The molecule has 1 amide bonds. The molecule has 2 aliphatic rings. The van der Waals surface area contributed by atoms with Crippen LogP contribution >= 0.6 is 0 Å². The van der Waals surface area contributed by atoms with Crippen molar-refractivity contribution in [2.24, 2.45) is 17.6 Å². The van der Waals surface area contributed by atoms with E-state index in [1.54, 1.807) is 0 Å². The first-order valence-corrected chi connectivity index (χ1v) is 7.67. The standard InChI is InChI=1S/C15H23N3O2/c1-2-12-14(17-8-20-12)15(19)18-13-9-4-3-5-10(13)7-11(16)6-9/h8-11,13H,2-7,16H2,1H3,(H,18,19). The Morgan fingerprint density at radius 2 is 2.15 bits per heavy atom. The highest BCUT2D eigenvalue weighted by atomic mass is 16.3. The summed E-state index contributed by atoms with van der Waals surface area (Å²) in [6, 6.07) is 0.564. The molecule has 0 saturated heterocycles. The fraction of sp³-hybridized carbons (Fsp3) is 0.733. The van der Waals surface area contributed by atoms with Gasteiger partial charge in [0.25, 0.3) is 5.91 Å². The summed E-state index contributed by atoms with van der Waals surface area (Å²) in [6.45, 7) is 1.96. The highest BCUT2D eigenvalue weighted by Crippen LogP contribution is 2.39. The Kier molecular flexibility index (Phi) is 3.78. The van der Waals surface area contributed by atoms with Gasteiger partial charge in [-0.1, -0.05) is 13.3 Å². The van der Waals surface area contributed by atoms with E-state index in [1.165, 1.54) is 25.7 Å². The molecule has 2 unspecified atom stereocenters. The summed E-state index contributed by atoms with van der Waals surface area (Å²) in [7, 11) is 0. The van der Waals surface area contributed by atoms with E-state index in [0.29, 0.717) is 35.8 Å². The highest BCUT2D eigenvalue weighted by molar-refractivity contribution is 5.93. The number of nitrogens with two attached hydrogens (primary N) is 1. The summed E-state index contributed by atoms with van der Waals surface area (Å²) in [5.74, 6) is 1.63. The molecule has 0 aliphatic heterocycles. The van der Waals surface area contributed by atoms with Crippen LogP contribution in [0.3, 0.4) is 0 Å². The number of oxazole rings is 1. The highest BCUT2D eigenvalue weighted by Gasteiger charge is 2.40. The van der Waals surface area contributed by atoms with E-state index in [4.69, 9.17) is 10.2 Å². The van der Waals surface area contributed by atoms with E-state index in [0.717, 1.165) is 12.8 Å². The molecule has 5 heteroatoms. The summed E-state index contributed by atoms with van der Waals surface area (Å²) >= 11 is 0. The quantitative estimate of drug-likeness (QED) is 0.883. The van der Waals surface area contributed by atoms with Gasteiger partial charge < -0.3 is 15.5 Å². The van der Waals surface area contributed by atoms with E-state index in [2.05, 4.69) is 10.3 Å². The zero-order valence-corrected chi connectivity index (χ0v) is 12.0. The number of hydrogen-bond donors (Lipinski definition) is 2. The van der Waals surface area contributed by atoms with Gasteiger partial charge in [0.05, 0.1) is 0 Å². The molecule has 2 atom stereocenters. The lowest BCUT2D eigenvalue weighted by molar-refractivity contribution is 0.0750. The Bertz CT molecular complexity index is 471. The van der Waals surface area contributed by atoms with Crippen LogP contribution in [0.1, 0.15) is 55.3 Å². The molecule has 1 heterocycles. The number of rotatable bonds is 3. The van der Waals surface area contributed by atoms with E-state index < -0.39 is 0 Å². The molecule has 0 radical (unpaired) electrons. The van der Waals surface area contributed by atoms with Crippen molar-refractivity contribution >= 4 is 5.91 Å². The number of nitrogens with one attached hydrogen (secondary N) is 1. The van der Waals surface area contributed by atoms with E-state index in [1.807, 2.05) is 6.92 Å². The first-order valence-electron chi connectivity index (χ1n) is 7.67. The molecule has 0 spiro atoms. The Balaban J connectivity index is 1.72. The number of aryl methyl sites for hydroxylation is 1. The van der Waals surface area contributed by atoms with Crippen LogP contribution in [-0.2, 0) is 6.42 Å². The third kappa shape index (κ3) is 2.46. The zero-order chi connectivity index (χ0) is 14.1. The maximum absolute atomic E-state index is 12.4. The van der Waals surface area contributed by atoms with Crippen LogP contribution in [0.2, 0.25) is 0 Å². The topological polar surface area (TPSA) is 81.2 Å². The number of aromatic nitrogens is 1. The SMILES string of the molecule is CCc1ocnc1C(=O)NC1C2CCCC1CC(N)C2. The van der Waals surface area contributed by atoms with Crippen molar-refractivity contribution in [3.63, 3.8) is 0 Å². The molecule has 2 bridgehead atoms. The van der Waals surface area contributed by atoms with Gasteiger partial charge >= 0.3 is 0 Å². The van der Waals surface area contributed by atoms with Crippen LogP contribution in [0.5, 0.6) is 0 Å². The monoisotopic (exact) mass is 277 g/mol. The van der Waals surface area contributed by atoms with Crippen molar-refractivity contribution in [2.45, 2.75) is 57.5 Å². The van der Waals surface area contributed by atoms with Gasteiger partial charge in [-0.25, -0.2) is 4.98 Å². The smallest absolute Gasteiger partial charge is 0.273 e. The molecule has 3 rings (SSSR count). The summed E-state index contributed by atoms with van der Waals surface area (Å²) in [5, 5.41) is 3.20. The molecule has 2 aliphatic carbocycles. The van der Waals surface area contributed by atoms with Gasteiger partial charge in [-0.05, 0) is 37.5 Å². The van der Waals surface area contributed by atoms with Crippen molar-refractivity contribution in [1.82, 2.24) is 10.3 Å². The zero-order valence-electron chi connectivity index (χ0n) is 12.0. The minimum Gasteiger partial charge on any atom is -0.448 e. The van der Waals surface area contributed by atoms with Crippen LogP contribution in [0, 0.1) is 11.8 Å². The minimum absolute atomic E-state index is 0.0898. The molecular formula is C15H23N3O2. The van der Waals surface area contributed by atoms with Crippen LogP contribution in [0.25, 0.3) is 0 Å². The summed E-state index contributed by atoms with van der Waals surface area (Å²) < 4.78 is 5.24. The fourth-order valence-electron chi connectivity index (χ4n) is 3.95. The molecular weight excluding hydrogens is 254 g/mol. The Morgan fingerprint density at radius 1 is 1.45 bits per heavy atom. The predicted molar refractivity (Wildman–Crippen MR) is 75.2 cm³/mol. The average Bonchev–Trinajstić information content (AvgIpc) is 2.88. The van der Waals surface area contributed by atoms with Gasteiger partial charge in [0.2, 0.25) is 0 Å². The molecule has 5 nitrogen and oxygen atoms in total. The van der Waals surface area contributed by atoms with Gasteiger partial charge in [0.1, 0.15) is 5.76 Å². The summed E-state index contributed by atoms with van der Waals surface area (Å²) in [6.07, 6.45) is 7.71. The lowest BCUT2D eigenvalue weighted by atomic mass is 9.67. The second-order valence-corrected chi connectivity index (χ2v) is 6.16. The van der Waals surface area contributed by atoms with Gasteiger partial charge in [-0.15, -0.1) is 0 Å². The van der Waals surface area contributed by atoms with Crippen molar-refractivity contribution in [3.8, 4) is 0 Å². The van der Waals surface area contributed by atoms with Gasteiger partial charge in [0, 0.05) is 18.5 Å². The average molecular weight is 277 g/mol. The van der Waals surface area contributed by atoms with E-state index >= 15 is 0 Å². The fourth-order valence-corrected chi connectivity index (χ4v) is 3.95. The third-order valence-electron chi connectivity index (χ3n) is 4.85. The lowest BCUT2D eigenvalue weighted by Gasteiger charge is -2.45. The van der Waals surface area contributed by atoms with E-state index in [9.17, 15) is 4.79 Å². The molecule has 110 valence electrons. The number of fused-ring (bicyclic) bond motifs is 2. The van der Waals surface area contributed by atoms with Crippen LogP contribution < -0.4 is 11.1 Å². The molecule has 1 aromatic heterocycles. The first-order chi connectivity index (χ1) is 9.69. The van der Waals surface area contributed by atoms with Crippen molar-refractivity contribution in [2.75, 3.05) is 0 Å². The van der Waals surface area contributed by atoms with Crippen molar-refractivity contribution < 1.29 is 9.21 Å². The Labute approximate surface area is 119 Å². The number of carbonyl (C=O) groups excluding carboxylic acids is 1. The summed E-state index contributed by atoms with van der Waals surface area (Å²) in [5.41, 5.74) is 6.56. The molecule has 1 aromatic rings. The van der Waals surface area contributed by atoms with Crippen molar-refractivity contribution in [3.05, 3.63) is 17.8 Å². The molecule has 3 N–H and O–H groups in total. The number of amides is 1. The van der Waals surface area contributed by atoms with Crippen molar-refractivity contribution in [1.29, 1.82) is 0 Å². The van der Waals surface area contributed by atoms with Gasteiger partial charge in [-0.3, -0.25) is 4.79 Å². The Hall–Kier alpha value is -1.36. The maximum Gasteiger partial charge on any atom is 0.273 e. The third-order valence-corrected chi connectivity index (χ3v) is 4.85. The number of carbonyl (C=O) groups is 1. The van der Waals surface area contributed by atoms with Gasteiger partial charge in [0.15, 0.2) is 12.1 Å². The van der Waals surface area contributed by atoms with Gasteiger partial charge in [-0.2, -0.15) is 0 Å². The lowest BCUT2D eigenvalue weighted by Crippen LogP contribution is -2.53. The minimum atomic E-state index is -0.0898. The van der Waals surface area contributed by atoms with Crippen LogP contribution in [-0.4, -0.2) is 23.0 Å². The normalized spacial score (nSPS) is 32.9.